The second-order valence-electron chi connectivity index (χ2n) is 2.30. The zero-order chi connectivity index (χ0) is 7.82. The van der Waals surface area contributed by atoms with Gasteiger partial charge in [-0.3, -0.25) is 0 Å². The van der Waals surface area contributed by atoms with E-state index in [9.17, 15) is 0 Å². The maximum absolute atomic E-state index is 3.44. The first-order valence-corrected chi connectivity index (χ1v) is 6.31. The second kappa shape index (κ2) is 7.76. The summed E-state index contributed by atoms with van der Waals surface area (Å²) in [5.41, 5.74) is 0. The molecular formula is C7H17NS2. The smallest absolute Gasteiger partial charge is 0.0130 e. The fraction of sp³-hybridized carbons (Fsp3) is 1.00. The summed E-state index contributed by atoms with van der Waals surface area (Å²) in [7, 11) is 0. The Morgan fingerprint density at radius 2 is 2.00 bits per heavy atom. The Hall–Kier alpha value is 0.660. The van der Waals surface area contributed by atoms with Crippen molar-refractivity contribution in [3.05, 3.63) is 0 Å². The fourth-order valence-electron chi connectivity index (χ4n) is 0.716. The van der Waals surface area contributed by atoms with E-state index in [1.807, 2.05) is 23.5 Å². The lowest BCUT2D eigenvalue weighted by atomic mass is 10.4. The minimum Gasteiger partial charge on any atom is -0.313 e. The SMILES string of the molecule is CSCCNC(C)CSC. The van der Waals surface area contributed by atoms with Gasteiger partial charge in [-0.25, -0.2) is 0 Å². The molecule has 0 aromatic carbocycles. The lowest BCUT2D eigenvalue weighted by Gasteiger charge is -2.10. The van der Waals surface area contributed by atoms with Crippen molar-refractivity contribution in [1.29, 1.82) is 0 Å². The molecular weight excluding hydrogens is 162 g/mol. The summed E-state index contributed by atoms with van der Waals surface area (Å²) in [5.74, 6) is 2.44. The lowest BCUT2D eigenvalue weighted by molar-refractivity contribution is 0.624. The zero-order valence-corrected chi connectivity index (χ0v) is 8.65. The van der Waals surface area contributed by atoms with Crippen LogP contribution < -0.4 is 5.32 Å². The van der Waals surface area contributed by atoms with E-state index in [2.05, 4.69) is 24.8 Å². The van der Waals surface area contributed by atoms with Gasteiger partial charge in [0, 0.05) is 24.1 Å². The van der Waals surface area contributed by atoms with Crippen molar-refractivity contribution < 1.29 is 0 Å². The lowest BCUT2D eigenvalue weighted by Crippen LogP contribution is -2.29. The minimum atomic E-state index is 0.669. The molecule has 0 saturated carbocycles. The highest BCUT2D eigenvalue weighted by molar-refractivity contribution is 7.98. The van der Waals surface area contributed by atoms with Gasteiger partial charge in [-0.2, -0.15) is 23.5 Å². The van der Waals surface area contributed by atoms with Crippen molar-refractivity contribution in [2.75, 3.05) is 30.6 Å². The van der Waals surface area contributed by atoms with Gasteiger partial charge < -0.3 is 5.32 Å². The average molecular weight is 179 g/mol. The summed E-state index contributed by atoms with van der Waals surface area (Å²) in [5, 5.41) is 3.44. The average Bonchev–Trinajstić information content (AvgIpc) is 1.89. The Labute approximate surface area is 72.7 Å². The van der Waals surface area contributed by atoms with E-state index in [0.29, 0.717) is 6.04 Å². The second-order valence-corrected chi connectivity index (χ2v) is 4.20. The third-order valence-electron chi connectivity index (χ3n) is 1.22. The molecule has 0 fully saturated rings. The first-order valence-electron chi connectivity index (χ1n) is 3.52. The van der Waals surface area contributed by atoms with Gasteiger partial charge in [0.25, 0.3) is 0 Å². The highest BCUT2D eigenvalue weighted by atomic mass is 32.2. The van der Waals surface area contributed by atoms with Gasteiger partial charge >= 0.3 is 0 Å². The van der Waals surface area contributed by atoms with E-state index in [1.165, 1.54) is 11.5 Å². The van der Waals surface area contributed by atoms with Crippen LogP contribution in [0.15, 0.2) is 0 Å². The van der Waals surface area contributed by atoms with E-state index < -0.39 is 0 Å². The third-order valence-corrected chi connectivity index (χ3v) is 2.66. The molecule has 0 aromatic heterocycles. The molecule has 0 bridgehead atoms. The largest absolute Gasteiger partial charge is 0.313 e. The Morgan fingerprint density at radius 3 is 2.50 bits per heavy atom. The van der Waals surface area contributed by atoms with Crippen molar-refractivity contribution in [1.82, 2.24) is 5.32 Å². The van der Waals surface area contributed by atoms with Crippen LogP contribution in [0.1, 0.15) is 6.92 Å². The Balaban J connectivity index is 2.97. The summed E-state index contributed by atoms with van der Waals surface area (Å²) in [6, 6.07) is 0.669. The Bertz CT molecular complexity index is 68.6. The van der Waals surface area contributed by atoms with Crippen LogP contribution in [-0.4, -0.2) is 36.6 Å². The molecule has 0 heterocycles. The maximum atomic E-state index is 3.44. The van der Waals surface area contributed by atoms with Crippen LogP contribution in [0.5, 0.6) is 0 Å². The van der Waals surface area contributed by atoms with Gasteiger partial charge in [-0.05, 0) is 19.4 Å². The predicted molar refractivity (Wildman–Crippen MR) is 54.2 cm³/mol. The number of rotatable bonds is 6. The van der Waals surface area contributed by atoms with E-state index in [-0.39, 0.29) is 0 Å². The molecule has 0 spiro atoms. The quantitative estimate of drug-likeness (QED) is 0.623. The standard InChI is InChI=1S/C7H17NS2/c1-7(6-10-3)8-4-5-9-2/h7-8H,4-6H2,1-3H3. The topological polar surface area (TPSA) is 12.0 Å². The molecule has 0 amide bonds. The van der Waals surface area contributed by atoms with Crippen molar-refractivity contribution in [3.8, 4) is 0 Å². The minimum absolute atomic E-state index is 0.669. The summed E-state index contributed by atoms with van der Waals surface area (Å²) in [6.07, 6.45) is 4.29. The molecule has 0 aromatic rings. The summed E-state index contributed by atoms with van der Waals surface area (Å²) in [4.78, 5) is 0. The van der Waals surface area contributed by atoms with Gasteiger partial charge in [-0.15, -0.1) is 0 Å². The van der Waals surface area contributed by atoms with E-state index in [4.69, 9.17) is 0 Å². The highest BCUT2D eigenvalue weighted by Crippen LogP contribution is 1.96. The molecule has 0 radical (unpaired) electrons. The molecule has 0 aliphatic carbocycles. The Kier molecular flexibility index (Phi) is 8.28. The van der Waals surface area contributed by atoms with Gasteiger partial charge in [0.15, 0.2) is 0 Å². The molecule has 1 nitrogen and oxygen atoms in total. The molecule has 62 valence electrons. The zero-order valence-electron chi connectivity index (χ0n) is 7.02. The van der Waals surface area contributed by atoms with Crippen molar-refractivity contribution in [2.45, 2.75) is 13.0 Å². The van der Waals surface area contributed by atoms with E-state index >= 15 is 0 Å². The molecule has 0 aliphatic heterocycles. The summed E-state index contributed by atoms with van der Waals surface area (Å²) >= 11 is 3.79. The van der Waals surface area contributed by atoms with E-state index in [1.54, 1.807) is 0 Å². The van der Waals surface area contributed by atoms with Crippen molar-refractivity contribution in [2.24, 2.45) is 0 Å². The molecule has 1 unspecified atom stereocenters. The number of hydrogen-bond acceptors (Lipinski definition) is 3. The van der Waals surface area contributed by atoms with Crippen LogP contribution in [0, 0.1) is 0 Å². The molecule has 1 atom stereocenters. The molecule has 10 heavy (non-hydrogen) atoms. The van der Waals surface area contributed by atoms with E-state index in [0.717, 1.165) is 6.54 Å². The third kappa shape index (κ3) is 6.78. The fourth-order valence-corrected chi connectivity index (χ4v) is 1.66. The molecule has 0 aliphatic rings. The summed E-state index contributed by atoms with van der Waals surface area (Å²) < 4.78 is 0. The number of nitrogens with one attached hydrogen (secondary N) is 1. The number of hydrogen-bond donors (Lipinski definition) is 1. The maximum Gasteiger partial charge on any atom is 0.0130 e. The summed E-state index contributed by atoms with van der Waals surface area (Å²) in [6.45, 7) is 3.37. The first-order chi connectivity index (χ1) is 4.81. The van der Waals surface area contributed by atoms with Gasteiger partial charge in [0.1, 0.15) is 0 Å². The van der Waals surface area contributed by atoms with Crippen LogP contribution in [0.4, 0.5) is 0 Å². The molecule has 3 heteroatoms. The monoisotopic (exact) mass is 179 g/mol. The van der Waals surface area contributed by atoms with Crippen LogP contribution in [0.3, 0.4) is 0 Å². The highest BCUT2D eigenvalue weighted by Gasteiger charge is 1.96. The van der Waals surface area contributed by atoms with Crippen molar-refractivity contribution in [3.63, 3.8) is 0 Å². The molecule has 0 saturated heterocycles. The van der Waals surface area contributed by atoms with Crippen LogP contribution in [0.25, 0.3) is 0 Å². The first kappa shape index (κ1) is 10.7. The van der Waals surface area contributed by atoms with Gasteiger partial charge in [0.05, 0.1) is 0 Å². The molecule has 1 N–H and O–H groups in total. The van der Waals surface area contributed by atoms with Crippen LogP contribution in [0.2, 0.25) is 0 Å². The normalized spacial score (nSPS) is 13.5. The Morgan fingerprint density at radius 1 is 1.30 bits per heavy atom. The molecule has 0 rings (SSSR count). The number of thioether (sulfide) groups is 2. The van der Waals surface area contributed by atoms with Crippen LogP contribution >= 0.6 is 23.5 Å². The van der Waals surface area contributed by atoms with Crippen LogP contribution in [-0.2, 0) is 0 Å². The van der Waals surface area contributed by atoms with Crippen molar-refractivity contribution >= 4 is 23.5 Å². The van der Waals surface area contributed by atoms with Gasteiger partial charge in [0.2, 0.25) is 0 Å². The van der Waals surface area contributed by atoms with Gasteiger partial charge in [-0.1, -0.05) is 0 Å². The predicted octanol–water partition coefficient (Wildman–Crippen LogP) is 1.69.